The maximum Gasteiger partial charge on any atom is 0.222 e. The monoisotopic (exact) mass is 389 g/mol. The molecule has 2 aliphatic rings. The molecule has 4 heteroatoms. The van der Waals surface area contributed by atoms with Gasteiger partial charge in [0.05, 0.1) is 12.2 Å². The Kier molecular flexibility index (Phi) is 9.46. The summed E-state index contributed by atoms with van der Waals surface area (Å²) in [5.41, 5.74) is 1.35. The highest BCUT2D eigenvalue weighted by Crippen LogP contribution is 2.47. The van der Waals surface area contributed by atoms with E-state index >= 15 is 0 Å². The van der Waals surface area contributed by atoms with E-state index in [1.807, 2.05) is 6.08 Å². The Hall–Kier alpha value is -1.39. The second kappa shape index (κ2) is 11.6. The molecule has 0 unspecified atom stereocenters. The van der Waals surface area contributed by atoms with Crippen molar-refractivity contribution in [1.82, 2.24) is 4.90 Å². The third-order valence-corrected chi connectivity index (χ3v) is 6.15. The van der Waals surface area contributed by atoms with Crippen LogP contribution in [0.4, 0.5) is 0 Å². The van der Waals surface area contributed by atoms with Gasteiger partial charge in [0.1, 0.15) is 0 Å². The average Bonchev–Trinajstić information content (AvgIpc) is 3.16. The summed E-state index contributed by atoms with van der Waals surface area (Å²) < 4.78 is 0. The molecule has 158 valence electrons. The normalized spacial score (nSPS) is 28.1. The molecule has 4 nitrogen and oxygen atoms in total. The van der Waals surface area contributed by atoms with Gasteiger partial charge in [-0.25, -0.2) is 0 Å². The van der Waals surface area contributed by atoms with Gasteiger partial charge < -0.3 is 15.1 Å². The largest absolute Gasteiger partial charge is 0.392 e. The smallest absolute Gasteiger partial charge is 0.222 e. The lowest BCUT2D eigenvalue weighted by Crippen LogP contribution is -2.20. The third kappa shape index (κ3) is 6.89. The van der Waals surface area contributed by atoms with Crippen LogP contribution in [0, 0.1) is 17.8 Å². The van der Waals surface area contributed by atoms with E-state index in [1.54, 1.807) is 19.0 Å². The molecule has 0 bridgehead atoms. The number of hydrogen-bond acceptors (Lipinski definition) is 3. The number of aliphatic hydroxyl groups excluding tert-OH is 2. The number of carbonyl (C=O) groups is 1. The summed E-state index contributed by atoms with van der Waals surface area (Å²) in [6.45, 7) is 2.17. The first-order chi connectivity index (χ1) is 13.4. The summed E-state index contributed by atoms with van der Waals surface area (Å²) in [5, 5.41) is 20.6. The van der Waals surface area contributed by atoms with Crippen LogP contribution in [0.25, 0.3) is 0 Å². The number of carbonyl (C=O) groups excluding carboxylic acids is 1. The van der Waals surface area contributed by atoms with Crippen LogP contribution < -0.4 is 0 Å². The van der Waals surface area contributed by atoms with Crippen LogP contribution in [0.3, 0.4) is 0 Å². The molecular formula is C24H39NO3. The van der Waals surface area contributed by atoms with E-state index in [4.69, 9.17) is 0 Å². The van der Waals surface area contributed by atoms with Gasteiger partial charge >= 0.3 is 0 Å². The summed E-state index contributed by atoms with van der Waals surface area (Å²) in [6.07, 6.45) is 18.4. The zero-order chi connectivity index (χ0) is 20.5. The van der Waals surface area contributed by atoms with Gasteiger partial charge in [-0.1, -0.05) is 62.1 Å². The van der Waals surface area contributed by atoms with E-state index in [0.29, 0.717) is 18.3 Å². The molecule has 5 atom stereocenters. The molecule has 1 fully saturated rings. The van der Waals surface area contributed by atoms with Crippen molar-refractivity contribution in [3.05, 3.63) is 36.0 Å². The Morgan fingerprint density at radius 3 is 2.82 bits per heavy atom. The van der Waals surface area contributed by atoms with Crippen molar-refractivity contribution in [2.24, 2.45) is 17.8 Å². The summed E-state index contributed by atoms with van der Waals surface area (Å²) in [6, 6.07) is 0. The zero-order valence-electron chi connectivity index (χ0n) is 17.9. The van der Waals surface area contributed by atoms with Crippen LogP contribution in [0.1, 0.15) is 64.7 Å². The van der Waals surface area contributed by atoms with Gasteiger partial charge in [0.15, 0.2) is 0 Å². The topological polar surface area (TPSA) is 60.8 Å². The molecule has 0 heterocycles. The van der Waals surface area contributed by atoms with Crippen molar-refractivity contribution in [2.75, 3.05) is 14.1 Å². The van der Waals surface area contributed by atoms with E-state index in [-0.39, 0.29) is 17.9 Å². The fraction of sp³-hybridized carbons (Fsp3) is 0.708. The summed E-state index contributed by atoms with van der Waals surface area (Å²) >= 11 is 0. The van der Waals surface area contributed by atoms with E-state index in [1.165, 1.54) is 5.57 Å². The van der Waals surface area contributed by atoms with Gasteiger partial charge in [-0.15, -0.1) is 0 Å². The molecule has 0 spiro atoms. The molecular weight excluding hydrogens is 350 g/mol. The molecule has 0 aromatic rings. The highest BCUT2D eigenvalue weighted by atomic mass is 16.3. The SMILES string of the molecule is CCCCC[C@H](O)/C=C/[C@@H]1[C@H]2CC(/C=C\CCCC(=O)N(C)C)=C[C@H]2C[C@H]1O. The van der Waals surface area contributed by atoms with Crippen LogP contribution in [0.15, 0.2) is 36.0 Å². The Balaban J connectivity index is 1.78. The molecule has 0 radical (unpaired) electrons. The van der Waals surface area contributed by atoms with Crippen molar-refractivity contribution in [3.8, 4) is 0 Å². The maximum absolute atomic E-state index is 11.6. The molecule has 2 rings (SSSR count). The third-order valence-electron chi connectivity index (χ3n) is 6.15. The van der Waals surface area contributed by atoms with Crippen LogP contribution in [0.2, 0.25) is 0 Å². The molecule has 2 N–H and O–H groups in total. The Morgan fingerprint density at radius 2 is 2.11 bits per heavy atom. The number of fused-ring (bicyclic) bond motifs is 1. The Labute approximate surface area is 171 Å². The molecule has 0 aliphatic heterocycles. The van der Waals surface area contributed by atoms with Gasteiger partial charge in [-0.05, 0) is 43.9 Å². The lowest BCUT2D eigenvalue weighted by Gasteiger charge is -2.18. The maximum atomic E-state index is 11.6. The summed E-state index contributed by atoms with van der Waals surface area (Å²) in [4.78, 5) is 13.2. The van der Waals surface area contributed by atoms with Gasteiger partial charge in [0.2, 0.25) is 5.91 Å². The number of rotatable bonds is 11. The van der Waals surface area contributed by atoms with Crippen molar-refractivity contribution in [3.63, 3.8) is 0 Å². The first-order valence-corrected chi connectivity index (χ1v) is 11.0. The second-order valence-corrected chi connectivity index (χ2v) is 8.68. The number of hydrogen-bond donors (Lipinski definition) is 2. The number of unbranched alkanes of at least 4 members (excludes halogenated alkanes) is 3. The van der Waals surface area contributed by atoms with Crippen molar-refractivity contribution in [1.29, 1.82) is 0 Å². The van der Waals surface area contributed by atoms with E-state index < -0.39 is 6.10 Å². The molecule has 2 aliphatic carbocycles. The van der Waals surface area contributed by atoms with Gasteiger partial charge in [-0.2, -0.15) is 0 Å². The molecule has 1 saturated carbocycles. The molecule has 28 heavy (non-hydrogen) atoms. The van der Waals surface area contributed by atoms with Crippen LogP contribution in [-0.4, -0.2) is 47.3 Å². The van der Waals surface area contributed by atoms with Crippen LogP contribution in [-0.2, 0) is 4.79 Å². The van der Waals surface area contributed by atoms with E-state index in [0.717, 1.165) is 51.4 Å². The summed E-state index contributed by atoms with van der Waals surface area (Å²) in [7, 11) is 3.59. The standard InChI is InChI=1S/C24H39NO3/c1-4-5-7-11-20(26)13-14-21-22-16-18(15-19(22)17-23(21)27)10-8-6-9-12-24(28)25(2)3/h8,10,13-15,19-23,26-27H,4-7,9,11-12,16-17H2,1-3H3/b10-8-,14-13+/t19-,20-,21+,22-,23+/m0/s1. The summed E-state index contributed by atoms with van der Waals surface area (Å²) in [5.74, 6) is 1.22. The lowest BCUT2D eigenvalue weighted by molar-refractivity contribution is -0.128. The lowest BCUT2D eigenvalue weighted by atomic mass is 9.89. The Morgan fingerprint density at radius 1 is 1.32 bits per heavy atom. The highest BCUT2D eigenvalue weighted by molar-refractivity contribution is 5.75. The van der Waals surface area contributed by atoms with Crippen molar-refractivity contribution >= 4 is 5.91 Å². The average molecular weight is 390 g/mol. The van der Waals surface area contributed by atoms with Crippen molar-refractivity contribution in [2.45, 2.75) is 76.9 Å². The second-order valence-electron chi connectivity index (χ2n) is 8.68. The van der Waals surface area contributed by atoms with Crippen molar-refractivity contribution < 1.29 is 15.0 Å². The van der Waals surface area contributed by atoms with Gasteiger partial charge in [0.25, 0.3) is 0 Å². The Bertz CT molecular complexity index is 578. The molecule has 0 saturated heterocycles. The number of aliphatic hydroxyl groups is 2. The van der Waals surface area contributed by atoms with Crippen LogP contribution >= 0.6 is 0 Å². The number of nitrogens with zero attached hydrogens (tertiary/aromatic N) is 1. The van der Waals surface area contributed by atoms with Gasteiger partial charge in [-0.3, -0.25) is 4.79 Å². The molecule has 0 aromatic heterocycles. The minimum atomic E-state index is -0.392. The minimum absolute atomic E-state index is 0.144. The quantitative estimate of drug-likeness (QED) is 0.410. The van der Waals surface area contributed by atoms with Gasteiger partial charge in [0, 0.05) is 26.4 Å². The minimum Gasteiger partial charge on any atom is -0.392 e. The predicted octanol–water partition coefficient (Wildman–Crippen LogP) is 4.24. The number of allylic oxidation sites excluding steroid dienone is 4. The molecule has 0 aromatic carbocycles. The fourth-order valence-corrected chi connectivity index (χ4v) is 4.46. The van der Waals surface area contributed by atoms with Crippen LogP contribution in [0.5, 0.6) is 0 Å². The first kappa shape index (κ1) is 22.9. The number of amides is 1. The zero-order valence-corrected chi connectivity index (χ0v) is 17.9. The van der Waals surface area contributed by atoms with E-state index in [9.17, 15) is 15.0 Å². The highest BCUT2D eigenvalue weighted by Gasteiger charge is 2.42. The predicted molar refractivity (Wildman–Crippen MR) is 115 cm³/mol. The fourth-order valence-electron chi connectivity index (χ4n) is 4.46. The molecule has 1 amide bonds. The first-order valence-electron chi connectivity index (χ1n) is 11.0. The van der Waals surface area contributed by atoms with E-state index in [2.05, 4.69) is 31.2 Å².